The summed E-state index contributed by atoms with van der Waals surface area (Å²) >= 11 is 0. The molecule has 1 aromatic carbocycles. The smallest absolute Gasteiger partial charge is 0.352 e. The third-order valence-electron chi connectivity index (χ3n) is 4.89. The van der Waals surface area contributed by atoms with E-state index in [1.54, 1.807) is 6.07 Å². The largest absolute Gasteiger partial charge is 0.416 e. The van der Waals surface area contributed by atoms with Crippen molar-refractivity contribution in [3.8, 4) is 0 Å². The summed E-state index contributed by atoms with van der Waals surface area (Å²) in [6.07, 6.45) is -2.68. The van der Waals surface area contributed by atoms with Gasteiger partial charge in [0.15, 0.2) is 0 Å². The van der Waals surface area contributed by atoms with Gasteiger partial charge in [-0.1, -0.05) is 18.2 Å². The van der Waals surface area contributed by atoms with Crippen molar-refractivity contribution in [1.82, 2.24) is 15.1 Å². The lowest BCUT2D eigenvalue weighted by atomic mass is 10.0. The first kappa shape index (κ1) is 20.7. The van der Waals surface area contributed by atoms with Gasteiger partial charge in [0.2, 0.25) is 5.91 Å². The minimum Gasteiger partial charge on any atom is -0.352 e. The van der Waals surface area contributed by atoms with Gasteiger partial charge in [-0.25, -0.2) is 0 Å². The van der Waals surface area contributed by atoms with Crippen LogP contribution in [0.3, 0.4) is 0 Å². The molecular formula is C19H28F3N3O. The Labute approximate surface area is 153 Å². The molecule has 1 saturated heterocycles. The van der Waals surface area contributed by atoms with Gasteiger partial charge >= 0.3 is 6.18 Å². The van der Waals surface area contributed by atoms with E-state index in [0.29, 0.717) is 24.7 Å². The average Bonchev–Trinajstić information content (AvgIpc) is 2.56. The number of hydrogen-bond donors (Lipinski definition) is 1. The zero-order valence-electron chi connectivity index (χ0n) is 15.6. The Morgan fingerprint density at radius 2 is 1.96 bits per heavy atom. The first-order chi connectivity index (χ1) is 12.1. The first-order valence-electron chi connectivity index (χ1n) is 9.03. The molecule has 0 aromatic heterocycles. The number of hydrogen-bond acceptors (Lipinski definition) is 3. The first-order valence-corrected chi connectivity index (χ1v) is 9.03. The van der Waals surface area contributed by atoms with Gasteiger partial charge in [0, 0.05) is 31.7 Å². The van der Waals surface area contributed by atoms with Crippen LogP contribution in [0.2, 0.25) is 0 Å². The van der Waals surface area contributed by atoms with Crippen LogP contribution in [0.4, 0.5) is 13.2 Å². The second-order valence-corrected chi connectivity index (χ2v) is 7.32. The van der Waals surface area contributed by atoms with E-state index in [1.807, 2.05) is 25.8 Å². The molecule has 4 nitrogen and oxygen atoms in total. The Morgan fingerprint density at radius 1 is 1.31 bits per heavy atom. The highest BCUT2D eigenvalue weighted by Gasteiger charge is 2.30. The van der Waals surface area contributed by atoms with E-state index in [9.17, 15) is 18.0 Å². The van der Waals surface area contributed by atoms with Crippen molar-refractivity contribution in [2.24, 2.45) is 0 Å². The fraction of sp³-hybridized carbons (Fsp3) is 0.632. The minimum atomic E-state index is -4.31. The number of nitrogens with zero attached hydrogens (tertiary/aromatic N) is 2. The summed E-state index contributed by atoms with van der Waals surface area (Å²) in [4.78, 5) is 16.2. The molecule has 1 aliphatic rings. The molecule has 0 saturated carbocycles. The summed E-state index contributed by atoms with van der Waals surface area (Å²) in [6.45, 7) is 6.49. The molecule has 146 valence electrons. The molecule has 0 aliphatic carbocycles. The molecule has 0 spiro atoms. The predicted octanol–water partition coefficient (Wildman–Crippen LogP) is 3.13. The van der Waals surface area contributed by atoms with Crippen molar-refractivity contribution in [2.45, 2.75) is 51.5 Å². The molecule has 1 fully saturated rings. The normalized spacial score (nSPS) is 17.1. The van der Waals surface area contributed by atoms with Crippen LogP contribution in [-0.2, 0) is 17.5 Å². The molecular weight excluding hydrogens is 343 g/mol. The fourth-order valence-electron chi connectivity index (χ4n) is 3.02. The van der Waals surface area contributed by atoms with Gasteiger partial charge in [-0.3, -0.25) is 14.6 Å². The van der Waals surface area contributed by atoms with Crippen LogP contribution >= 0.6 is 0 Å². The highest BCUT2D eigenvalue weighted by Crippen LogP contribution is 2.30. The van der Waals surface area contributed by atoms with Crippen molar-refractivity contribution >= 4 is 5.91 Å². The van der Waals surface area contributed by atoms with Crippen molar-refractivity contribution in [1.29, 1.82) is 0 Å². The summed E-state index contributed by atoms with van der Waals surface area (Å²) in [7, 11) is 1.92. The third-order valence-corrected chi connectivity index (χ3v) is 4.89. The molecule has 0 radical (unpaired) electrons. The molecule has 2 rings (SSSR count). The van der Waals surface area contributed by atoms with E-state index >= 15 is 0 Å². The Hall–Kier alpha value is -1.60. The fourth-order valence-corrected chi connectivity index (χ4v) is 3.02. The van der Waals surface area contributed by atoms with Crippen molar-refractivity contribution in [3.05, 3.63) is 35.4 Å². The number of rotatable bonds is 6. The van der Waals surface area contributed by atoms with E-state index in [-0.39, 0.29) is 11.9 Å². The van der Waals surface area contributed by atoms with E-state index in [1.165, 1.54) is 12.1 Å². The minimum absolute atomic E-state index is 0.0255. The van der Waals surface area contributed by atoms with Crippen LogP contribution in [0.15, 0.2) is 24.3 Å². The molecule has 1 aromatic rings. The van der Waals surface area contributed by atoms with Crippen molar-refractivity contribution in [3.63, 3.8) is 0 Å². The Bertz CT molecular complexity index is 596. The van der Waals surface area contributed by atoms with Gasteiger partial charge < -0.3 is 5.32 Å². The number of likely N-dealkylation sites (tertiary alicyclic amines) is 1. The maximum Gasteiger partial charge on any atom is 0.416 e. The lowest BCUT2D eigenvalue weighted by Crippen LogP contribution is -2.47. The van der Waals surface area contributed by atoms with Crippen molar-refractivity contribution in [2.75, 3.05) is 26.7 Å². The second-order valence-electron chi connectivity index (χ2n) is 7.32. The lowest BCUT2D eigenvalue weighted by molar-refractivity contribution is -0.137. The van der Waals surface area contributed by atoms with Gasteiger partial charge in [-0.2, -0.15) is 13.2 Å². The predicted molar refractivity (Wildman–Crippen MR) is 95.7 cm³/mol. The molecule has 0 atom stereocenters. The van der Waals surface area contributed by atoms with Crippen LogP contribution in [-0.4, -0.2) is 54.5 Å². The molecule has 1 amide bonds. The summed E-state index contributed by atoms with van der Waals surface area (Å²) in [6, 6.07) is 5.95. The monoisotopic (exact) mass is 371 g/mol. The van der Waals surface area contributed by atoms with Gasteiger partial charge in [0.05, 0.1) is 12.1 Å². The highest BCUT2D eigenvalue weighted by atomic mass is 19.4. The van der Waals surface area contributed by atoms with Gasteiger partial charge in [0.25, 0.3) is 0 Å². The van der Waals surface area contributed by atoms with E-state index in [0.717, 1.165) is 32.0 Å². The van der Waals surface area contributed by atoms with Crippen LogP contribution in [0.25, 0.3) is 0 Å². The van der Waals surface area contributed by atoms with E-state index in [2.05, 4.69) is 10.2 Å². The van der Waals surface area contributed by atoms with Crippen LogP contribution < -0.4 is 5.32 Å². The number of carbonyl (C=O) groups is 1. The standard InChI is InChI=1S/C19H28F3N3O/c1-14(2)24(3)13-18(26)23-17-7-9-25(10-8-17)12-15-5-4-6-16(11-15)19(20,21)22/h4-6,11,14,17H,7-10,12-13H2,1-3H3,(H,23,26). The van der Waals surface area contributed by atoms with Crippen molar-refractivity contribution < 1.29 is 18.0 Å². The number of alkyl halides is 3. The Morgan fingerprint density at radius 3 is 2.54 bits per heavy atom. The summed E-state index contributed by atoms with van der Waals surface area (Å²) in [5, 5.41) is 3.06. The van der Waals surface area contributed by atoms with E-state index < -0.39 is 11.7 Å². The lowest BCUT2D eigenvalue weighted by Gasteiger charge is -2.33. The summed E-state index contributed by atoms with van der Waals surface area (Å²) in [5.74, 6) is 0.0255. The number of nitrogens with one attached hydrogen (secondary N) is 1. The van der Waals surface area contributed by atoms with Crippen LogP contribution in [0.1, 0.15) is 37.8 Å². The molecule has 0 bridgehead atoms. The van der Waals surface area contributed by atoms with Gasteiger partial charge in [-0.15, -0.1) is 0 Å². The van der Waals surface area contributed by atoms with Gasteiger partial charge in [-0.05, 0) is 45.4 Å². The third kappa shape index (κ3) is 6.29. The van der Waals surface area contributed by atoms with Crippen LogP contribution in [0.5, 0.6) is 0 Å². The number of amides is 1. The Balaban J connectivity index is 1.79. The number of benzene rings is 1. The number of halogens is 3. The zero-order valence-corrected chi connectivity index (χ0v) is 15.6. The number of likely N-dealkylation sites (N-methyl/N-ethyl adjacent to an activating group) is 1. The highest BCUT2D eigenvalue weighted by molar-refractivity contribution is 5.78. The zero-order chi connectivity index (χ0) is 19.3. The summed E-state index contributed by atoms with van der Waals surface area (Å²) in [5.41, 5.74) is 0.0623. The number of carbonyl (C=O) groups excluding carboxylic acids is 1. The average molecular weight is 371 g/mol. The SMILES string of the molecule is CC(C)N(C)CC(=O)NC1CCN(Cc2cccc(C(F)(F)F)c2)CC1. The second kappa shape index (κ2) is 8.86. The molecule has 7 heteroatoms. The molecule has 1 aliphatic heterocycles. The topological polar surface area (TPSA) is 35.6 Å². The maximum absolute atomic E-state index is 12.8. The molecule has 26 heavy (non-hydrogen) atoms. The Kier molecular flexibility index (Phi) is 7.06. The molecule has 1 N–H and O–H groups in total. The van der Waals surface area contributed by atoms with Crippen LogP contribution in [0, 0.1) is 0 Å². The quantitative estimate of drug-likeness (QED) is 0.835. The maximum atomic E-state index is 12.8. The number of piperidine rings is 1. The van der Waals surface area contributed by atoms with Gasteiger partial charge in [0.1, 0.15) is 0 Å². The molecule has 0 unspecified atom stereocenters. The molecule has 1 heterocycles. The summed E-state index contributed by atoms with van der Waals surface area (Å²) < 4.78 is 38.4. The van der Waals surface area contributed by atoms with E-state index in [4.69, 9.17) is 0 Å².